The molecule has 1 heterocycles. The summed E-state index contributed by atoms with van der Waals surface area (Å²) in [5.74, 6) is 0.367. The highest BCUT2D eigenvalue weighted by molar-refractivity contribution is 6.11. The molecule has 1 aromatic rings. The number of rotatable bonds is 2. The van der Waals surface area contributed by atoms with E-state index >= 15 is 0 Å². The summed E-state index contributed by atoms with van der Waals surface area (Å²) in [6, 6.07) is 3.67. The van der Waals surface area contributed by atoms with Gasteiger partial charge in [0.2, 0.25) is 0 Å². The maximum atomic E-state index is 8.68. The van der Waals surface area contributed by atoms with Crippen LogP contribution in [0.3, 0.4) is 0 Å². The third kappa shape index (κ3) is 2.00. The van der Waals surface area contributed by atoms with Crippen LogP contribution in [0.1, 0.15) is 24.0 Å². The van der Waals surface area contributed by atoms with Crippen LogP contribution in [-0.2, 0) is 0 Å². The molecule has 0 saturated heterocycles. The summed E-state index contributed by atoms with van der Waals surface area (Å²) < 4.78 is 5.01. The molecule has 4 heteroatoms. The first kappa shape index (κ1) is 9.59. The maximum absolute atomic E-state index is 8.68. The molecule has 0 aliphatic heterocycles. The van der Waals surface area contributed by atoms with E-state index in [9.17, 15) is 0 Å². The Kier molecular flexibility index (Phi) is 2.91. The second-order valence-electron chi connectivity index (χ2n) is 2.71. The fourth-order valence-corrected chi connectivity index (χ4v) is 0.954. The highest BCUT2D eigenvalue weighted by Crippen LogP contribution is 2.20. The third-order valence-corrected chi connectivity index (χ3v) is 1.69. The Morgan fingerprint density at radius 2 is 2.38 bits per heavy atom. The van der Waals surface area contributed by atoms with Gasteiger partial charge in [0.1, 0.15) is 17.4 Å². The van der Waals surface area contributed by atoms with Crippen LogP contribution in [0.15, 0.2) is 12.3 Å². The normalized spacial score (nSPS) is 11.8. The van der Waals surface area contributed by atoms with Gasteiger partial charge < -0.3 is 4.74 Å². The Morgan fingerprint density at radius 1 is 1.69 bits per heavy atom. The lowest BCUT2D eigenvalue weighted by Crippen LogP contribution is -1.98. The molecule has 13 heavy (non-hydrogen) atoms. The Balaban J connectivity index is 3.15. The number of hydrogen-bond acceptors (Lipinski definition) is 3. The predicted octanol–water partition coefficient (Wildman–Crippen LogP) is 1.19. The number of ether oxygens (including phenoxy) is 1. The van der Waals surface area contributed by atoms with Crippen molar-refractivity contribution in [2.45, 2.75) is 12.7 Å². The van der Waals surface area contributed by atoms with Gasteiger partial charge in [-0.25, -0.2) is 0 Å². The second kappa shape index (κ2) is 3.95. The Bertz CT molecular complexity index is 344. The summed E-state index contributed by atoms with van der Waals surface area (Å²) in [5.41, 5.74) is 1.14. The van der Waals surface area contributed by atoms with E-state index in [2.05, 4.69) is 4.98 Å². The smallest absolute Gasteiger partial charge is 0.139 e. The predicted molar refractivity (Wildman–Crippen MR) is 49.7 cm³/mol. The molecule has 0 bridgehead atoms. The molecule has 1 unspecified atom stereocenters. The van der Waals surface area contributed by atoms with E-state index in [0.717, 1.165) is 5.69 Å². The van der Waals surface area contributed by atoms with Crippen LogP contribution in [-0.4, -0.2) is 19.9 Å². The zero-order valence-corrected chi connectivity index (χ0v) is 7.61. The lowest BCUT2D eigenvalue weighted by molar-refractivity contribution is 0.412. The standard InChI is InChI=1S/C9H9BN2O/c1-6(10)8-3-9(13-2)7(4-11)5-12-8/h3,5-6H,1-2H3. The van der Waals surface area contributed by atoms with E-state index in [0.29, 0.717) is 11.3 Å². The number of hydrogen-bond donors (Lipinski definition) is 0. The van der Waals surface area contributed by atoms with Crippen molar-refractivity contribution in [3.05, 3.63) is 23.5 Å². The molecule has 1 atom stereocenters. The minimum atomic E-state index is -0.151. The molecular formula is C9H9BN2O. The number of methoxy groups -OCH3 is 1. The van der Waals surface area contributed by atoms with E-state index < -0.39 is 0 Å². The average molecular weight is 172 g/mol. The van der Waals surface area contributed by atoms with Gasteiger partial charge in [0.25, 0.3) is 0 Å². The van der Waals surface area contributed by atoms with Crippen molar-refractivity contribution in [2.24, 2.45) is 0 Å². The van der Waals surface area contributed by atoms with Gasteiger partial charge in [-0.15, -0.1) is 0 Å². The monoisotopic (exact) mass is 172 g/mol. The number of aromatic nitrogens is 1. The van der Waals surface area contributed by atoms with Crippen LogP contribution in [0.5, 0.6) is 5.75 Å². The third-order valence-electron chi connectivity index (χ3n) is 1.69. The SMILES string of the molecule is [B]C(C)c1cc(OC)c(C#N)cn1. The molecule has 0 aromatic carbocycles. The van der Waals surface area contributed by atoms with E-state index in [1.165, 1.54) is 13.3 Å². The largest absolute Gasteiger partial charge is 0.495 e. The van der Waals surface area contributed by atoms with Crippen molar-refractivity contribution in [2.75, 3.05) is 7.11 Å². The zero-order valence-electron chi connectivity index (χ0n) is 7.61. The molecule has 0 spiro atoms. The molecule has 0 N–H and O–H groups in total. The van der Waals surface area contributed by atoms with E-state index in [1.807, 2.05) is 13.0 Å². The van der Waals surface area contributed by atoms with Crippen LogP contribution < -0.4 is 4.74 Å². The first-order valence-corrected chi connectivity index (χ1v) is 3.88. The van der Waals surface area contributed by atoms with Crippen molar-refractivity contribution in [1.82, 2.24) is 4.98 Å². The fraction of sp³-hybridized carbons (Fsp3) is 0.333. The van der Waals surface area contributed by atoms with E-state index in [1.54, 1.807) is 6.07 Å². The van der Waals surface area contributed by atoms with Crippen molar-refractivity contribution in [1.29, 1.82) is 5.26 Å². The summed E-state index contributed by atoms with van der Waals surface area (Å²) in [6.07, 6.45) is 1.47. The zero-order chi connectivity index (χ0) is 9.84. The quantitative estimate of drug-likeness (QED) is 0.629. The topological polar surface area (TPSA) is 45.9 Å². The molecule has 2 radical (unpaired) electrons. The molecule has 1 rings (SSSR count). The van der Waals surface area contributed by atoms with E-state index in [4.69, 9.17) is 17.8 Å². The first-order valence-electron chi connectivity index (χ1n) is 3.88. The molecule has 0 fully saturated rings. The van der Waals surface area contributed by atoms with Crippen LogP contribution >= 0.6 is 0 Å². The average Bonchev–Trinajstić information content (AvgIpc) is 2.16. The van der Waals surface area contributed by atoms with Gasteiger partial charge in [-0.3, -0.25) is 4.98 Å². The number of nitrogens with zero attached hydrogens (tertiary/aromatic N) is 2. The van der Waals surface area contributed by atoms with Crippen molar-refractivity contribution in [3.63, 3.8) is 0 Å². The van der Waals surface area contributed by atoms with Gasteiger partial charge in [0.15, 0.2) is 0 Å². The summed E-state index contributed by atoms with van der Waals surface area (Å²) in [5, 5.41) is 8.68. The van der Waals surface area contributed by atoms with E-state index in [-0.39, 0.29) is 5.82 Å². The summed E-state index contributed by atoms with van der Waals surface area (Å²) >= 11 is 0. The highest BCUT2D eigenvalue weighted by atomic mass is 16.5. The van der Waals surface area contributed by atoms with Gasteiger partial charge in [0, 0.05) is 18.0 Å². The molecule has 0 aliphatic carbocycles. The van der Waals surface area contributed by atoms with Crippen molar-refractivity contribution >= 4 is 7.85 Å². The van der Waals surface area contributed by atoms with Gasteiger partial charge in [-0.2, -0.15) is 5.26 Å². The lowest BCUT2D eigenvalue weighted by atomic mass is 9.86. The Hall–Kier alpha value is -1.50. The summed E-state index contributed by atoms with van der Waals surface area (Å²) in [4.78, 5) is 4.03. The lowest BCUT2D eigenvalue weighted by Gasteiger charge is -2.07. The molecule has 0 saturated carbocycles. The molecule has 1 aromatic heterocycles. The van der Waals surface area contributed by atoms with Crippen LogP contribution in [0.25, 0.3) is 0 Å². The minimum Gasteiger partial charge on any atom is -0.495 e. The highest BCUT2D eigenvalue weighted by Gasteiger charge is 2.06. The molecular weight excluding hydrogens is 163 g/mol. The van der Waals surface area contributed by atoms with Crippen LogP contribution in [0, 0.1) is 11.3 Å². The molecule has 64 valence electrons. The second-order valence-corrected chi connectivity index (χ2v) is 2.71. The molecule has 3 nitrogen and oxygen atoms in total. The van der Waals surface area contributed by atoms with Crippen LogP contribution in [0.2, 0.25) is 0 Å². The van der Waals surface area contributed by atoms with Gasteiger partial charge >= 0.3 is 0 Å². The first-order chi connectivity index (χ1) is 6.19. The van der Waals surface area contributed by atoms with Gasteiger partial charge in [-0.05, 0) is 5.82 Å². The number of pyridine rings is 1. The van der Waals surface area contributed by atoms with Gasteiger partial charge in [-0.1, -0.05) is 6.92 Å². The summed E-state index contributed by atoms with van der Waals surface area (Å²) in [6.45, 7) is 1.83. The number of nitriles is 1. The fourth-order valence-electron chi connectivity index (χ4n) is 0.954. The molecule has 0 amide bonds. The Labute approximate surface area is 78.8 Å². The van der Waals surface area contributed by atoms with Crippen molar-refractivity contribution < 1.29 is 4.74 Å². The van der Waals surface area contributed by atoms with Gasteiger partial charge in [0.05, 0.1) is 15.0 Å². The maximum Gasteiger partial charge on any atom is 0.139 e. The minimum absolute atomic E-state index is 0.151. The van der Waals surface area contributed by atoms with Crippen LogP contribution in [0.4, 0.5) is 0 Å². The van der Waals surface area contributed by atoms with Crippen molar-refractivity contribution in [3.8, 4) is 11.8 Å². The Morgan fingerprint density at radius 3 is 2.85 bits per heavy atom. The summed E-state index contributed by atoms with van der Waals surface area (Å²) in [7, 11) is 7.14. The molecule has 0 aliphatic rings.